The summed E-state index contributed by atoms with van der Waals surface area (Å²) in [6.45, 7) is 9.01. The van der Waals surface area contributed by atoms with E-state index in [0.29, 0.717) is 0 Å². The first-order valence-corrected chi connectivity index (χ1v) is 27.2. The van der Waals surface area contributed by atoms with Crippen LogP contribution in [0, 0.1) is 0 Å². The van der Waals surface area contributed by atoms with Crippen molar-refractivity contribution in [2.75, 3.05) is 0 Å². The molecule has 0 spiro atoms. The highest BCUT2D eigenvalue weighted by Crippen LogP contribution is 2.22. The van der Waals surface area contributed by atoms with Crippen molar-refractivity contribution in [3.05, 3.63) is 71.8 Å². The van der Waals surface area contributed by atoms with Crippen LogP contribution in [-0.4, -0.2) is 11.4 Å². The van der Waals surface area contributed by atoms with E-state index in [2.05, 4.69) is 88.4 Å². The van der Waals surface area contributed by atoms with E-state index in [1.165, 1.54) is 249 Å². The lowest BCUT2D eigenvalue weighted by Crippen LogP contribution is -2.12. The summed E-state index contributed by atoms with van der Waals surface area (Å²) >= 11 is 0. The van der Waals surface area contributed by atoms with Gasteiger partial charge < -0.3 is 0 Å². The number of benzene rings is 2. The van der Waals surface area contributed by atoms with Crippen molar-refractivity contribution in [1.82, 2.24) is 0 Å². The molecule has 61 heavy (non-hydrogen) atoms. The van der Waals surface area contributed by atoms with Gasteiger partial charge in [-0.15, -0.1) is 0 Å². The first-order valence-electron chi connectivity index (χ1n) is 27.2. The third kappa shape index (κ3) is 31.9. The Kier molecular flexibility index (Phi) is 37.2. The minimum absolute atomic E-state index is 0.966. The molecule has 0 saturated carbocycles. The van der Waals surface area contributed by atoms with Crippen LogP contribution in [0.2, 0.25) is 0 Å². The Balaban J connectivity index is 1.79. The molecule has 0 aromatic heterocycles. The Labute approximate surface area is 381 Å². The molecule has 2 rings (SSSR count). The van der Waals surface area contributed by atoms with E-state index in [1.807, 2.05) is 0 Å². The smallest absolute Gasteiger partial charge is 0.0848 e. The molecule has 0 radical (unpaired) electrons. The molecule has 0 saturated heterocycles. The van der Waals surface area contributed by atoms with Crippen LogP contribution in [0.3, 0.4) is 0 Å². The molecule has 0 unspecified atom stereocenters. The van der Waals surface area contributed by atoms with Gasteiger partial charge in [0.2, 0.25) is 0 Å². The van der Waals surface area contributed by atoms with Gasteiger partial charge in [-0.25, -0.2) is 4.99 Å². The van der Waals surface area contributed by atoms with Crippen LogP contribution in [0.5, 0.6) is 0 Å². The fourth-order valence-corrected chi connectivity index (χ4v) is 8.84. The molecule has 2 aromatic rings. The molecular weight excluding hydrogens is 737 g/mol. The lowest BCUT2D eigenvalue weighted by atomic mass is 10.0. The number of nitrogens with zero attached hydrogens (tertiary/aromatic N) is 2. The molecule has 0 atom stereocenters. The zero-order valence-corrected chi connectivity index (χ0v) is 41.2. The Morgan fingerprint density at radius 3 is 0.934 bits per heavy atom. The van der Waals surface area contributed by atoms with Gasteiger partial charge >= 0.3 is 0 Å². The van der Waals surface area contributed by atoms with Gasteiger partial charge in [0.15, 0.2) is 0 Å². The summed E-state index contributed by atoms with van der Waals surface area (Å²) in [4.78, 5) is 10.5. The lowest BCUT2D eigenvalue weighted by molar-refractivity contribution is 0.532. The summed E-state index contributed by atoms with van der Waals surface area (Å²) < 4.78 is 0. The van der Waals surface area contributed by atoms with E-state index in [4.69, 9.17) is 9.98 Å². The van der Waals surface area contributed by atoms with E-state index < -0.39 is 0 Å². The van der Waals surface area contributed by atoms with E-state index >= 15 is 0 Å². The fourth-order valence-electron chi connectivity index (χ4n) is 8.84. The second kappa shape index (κ2) is 41.5. The molecule has 0 N–H and O–H groups in total. The lowest BCUT2D eigenvalue weighted by Gasteiger charge is -2.10. The highest BCUT2D eigenvalue weighted by molar-refractivity contribution is 6.47. The number of hydrogen-bond donors (Lipinski definition) is 0. The minimum Gasteiger partial charge on any atom is -0.251 e. The van der Waals surface area contributed by atoms with E-state index in [-0.39, 0.29) is 0 Å². The first kappa shape index (κ1) is 54.7. The SMILES string of the molecule is C/C=C\C(=Nc1ccc(CCCCCCCCCCCCCCCCC)cc1)C(CCCCCCCC)=Nc1ccc(CCCCCCCCCCCCCCCCC)cc1. The molecule has 0 aliphatic heterocycles. The Bertz CT molecular complexity index is 1320. The largest absolute Gasteiger partial charge is 0.251 e. The monoisotopic (exact) mass is 837 g/mol. The maximum Gasteiger partial charge on any atom is 0.0848 e. The summed E-state index contributed by atoms with van der Waals surface area (Å²) in [5.74, 6) is 0. The third-order valence-corrected chi connectivity index (χ3v) is 12.9. The predicted molar refractivity (Wildman–Crippen MR) is 277 cm³/mol. The average molecular weight is 837 g/mol. The van der Waals surface area contributed by atoms with Gasteiger partial charge in [0, 0.05) is 0 Å². The van der Waals surface area contributed by atoms with Gasteiger partial charge in [0.25, 0.3) is 0 Å². The molecule has 2 aromatic carbocycles. The van der Waals surface area contributed by atoms with Crippen LogP contribution in [-0.2, 0) is 12.8 Å². The quantitative estimate of drug-likeness (QED) is 0.0470. The highest BCUT2D eigenvalue weighted by atomic mass is 14.8. The molecule has 2 nitrogen and oxygen atoms in total. The van der Waals surface area contributed by atoms with Gasteiger partial charge in [-0.1, -0.05) is 263 Å². The van der Waals surface area contributed by atoms with Crippen molar-refractivity contribution < 1.29 is 0 Å². The van der Waals surface area contributed by atoms with Crippen molar-refractivity contribution in [3.63, 3.8) is 0 Å². The van der Waals surface area contributed by atoms with E-state index in [1.54, 1.807) is 0 Å². The van der Waals surface area contributed by atoms with Gasteiger partial charge in [-0.3, -0.25) is 4.99 Å². The van der Waals surface area contributed by atoms with Crippen LogP contribution in [0.15, 0.2) is 70.7 Å². The van der Waals surface area contributed by atoms with Crippen LogP contribution in [0.1, 0.15) is 276 Å². The van der Waals surface area contributed by atoms with Crippen molar-refractivity contribution in [1.29, 1.82) is 0 Å². The molecule has 0 aliphatic rings. The summed E-state index contributed by atoms with van der Waals surface area (Å²) in [6.07, 6.45) is 57.8. The highest BCUT2D eigenvalue weighted by Gasteiger charge is 2.09. The number of aliphatic imine (C=N–C) groups is 2. The number of rotatable bonds is 43. The number of allylic oxidation sites excluding steroid dienone is 2. The first-order chi connectivity index (χ1) is 30.2. The van der Waals surface area contributed by atoms with E-state index in [0.717, 1.165) is 35.6 Å². The molecule has 0 heterocycles. The molecular formula is C59H100N2. The normalized spacial score (nSPS) is 12.3. The van der Waals surface area contributed by atoms with Crippen LogP contribution in [0.25, 0.3) is 0 Å². The van der Waals surface area contributed by atoms with Crippen molar-refractivity contribution in [2.24, 2.45) is 9.98 Å². The predicted octanol–water partition coefficient (Wildman–Crippen LogP) is 20.7. The standard InChI is InChI=1S/C59H100N2/c1-5-9-12-15-18-20-22-24-26-28-30-32-34-36-39-43-54-46-50-56(51-47-54)60-58(42-8-4)59(45-41-38-17-14-11-7-3)61-57-52-48-55(49-53-57)44-40-37-35-33-31-29-27-25-23-21-19-16-13-10-6-2/h8,42,46-53H,5-7,9-41,43-45H2,1-4H3/b42-8-,60-58?,61-59?. The van der Waals surface area contributed by atoms with Gasteiger partial charge in [-0.2, -0.15) is 0 Å². The Morgan fingerprint density at radius 2 is 0.623 bits per heavy atom. The van der Waals surface area contributed by atoms with Crippen LogP contribution >= 0.6 is 0 Å². The number of aryl methyl sites for hydroxylation is 2. The topological polar surface area (TPSA) is 24.7 Å². The Morgan fingerprint density at radius 1 is 0.344 bits per heavy atom. The maximum atomic E-state index is 5.28. The molecule has 0 fully saturated rings. The number of hydrogen-bond acceptors (Lipinski definition) is 2. The second-order valence-corrected chi connectivity index (χ2v) is 18.8. The maximum absolute atomic E-state index is 5.28. The zero-order valence-electron chi connectivity index (χ0n) is 41.2. The van der Waals surface area contributed by atoms with Crippen molar-refractivity contribution >= 4 is 22.8 Å². The minimum atomic E-state index is 0.966. The summed E-state index contributed by atoms with van der Waals surface area (Å²) in [6, 6.07) is 18.2. The summed E-state index contributed by atoms with van der Waals surface area (Å²) in [5.41, 5.74) is 7.09. The molecule has 346 valence electrons. The van der Waals surface area contributed by atoms with Gasteiger partial charge in [0.05, 0.1) is 22.8 Å². The van der Waals surface area contributed by atoms with Gasteiger partial charge in [0.1, 0.15) is 0 Å². The van der Waals surface area contributed by atoms with Crippen molar-refractivity contribution in [2.45, 2.75) is 278 Å². The Hall–Kier alpha value is -2.48. The second-order valence-electron chi connectivity index (χ2n) is 18.8. The molecule has 0 bridgehead atoms. The summed E-state index contributed by atoms with van der Waals surface area (Å²) in [5, 5.41) is 0. The van der Waals surface area contributed by atoms with Crippen molar-refractivity contribution in [3.8, 4) is 0 Å². The van der Waals surface area contributed by atoms with Gasteiger partial charge in [-0.05, 0) is 86.9 Å². The van der Waals surface area contributed by atoms with Crippen LogP contribution < -0.4 is 0 Å². The van der Waals surface area contributed by atoms with E-state index in [9.17, 15) is 0 Å². The zero-order chi connectivity index (χ0) is 43.5. The third-order valence-electron chi connectivity index (χ3n) is 12.9. The molecule has 0 amide bonds. The fraction of sp³-hybridized carbons (Fsp3) is 0.729. The molecule has 0 aliphatic carbocycles. The number of unbranched alkanes of at least 4 members (excludes halogenated alkanes) is 33. The summed E-state index contributed by atoms with van der Waals surface area (Å²) in [7, 11) is 0. The average Bonchev–Trinajstić information content (AvgIpc) is 3.28. The van der Waals surface area contributed by atoms with Crippen LogP contribution in [0.4, 0.5) is 11.4 Å². The molecule has 2 heteroatoms.